The second-order valence-corrected chi connectivity index (χ2v) is 8.93. The summed E-state index contributed by atoms with van der Waals surface area (Å²) >= 11 is 5.93. The zero-order chi connectivity index (χ0) is 21.6. The Morgan fingerprint density at radius 3 is 2.48 bits per heavy atom. The number of hydrogen-bond acceptors (Lipinski definition) is 3. The number of hydrogen-bond donors (Lipinski definition) is 0. The number of nitrogens with zero attached hydrogens (tertiary/aromatic N) is 2. The number of benzene rings is 2. The van der Waals surface area contributed by atoms with Crippen LogP contribution in [0, 0.1) is 5.92 Å². The molecule has 2 aliphatic rings. The Hall–Kier alpha value is -2.53. The molecule has 1 atom stereocenters. The first-order valence-corrected chi connectivity index (χ1v) is 11.5. The third-order valence-corrected chi connectivity index (χ3v) is 6.35. The van der Waals surface area contributed by atoms with Gasteiger partial charge in [0.15, 0.2) is 0 Å². The highest BCUT2D eigenvalue weighted by molar-refractivity contribution is 6.30. The minimum absolute atomic E-state index is 0.0830. The Labute approximate surface area is 188 Å². The summed E-state index contributed by atoms with van der Waals surface area (Å²) in [7, 11) is 0. The van der Waals surface area contributed by atoms with E-state index in [4.69, 9.17) is 16.3 Å². The summed E-state index contributed by atoms with van der Waals surface area (Å²) in [6.45, 7) is 3.73. The molecule has 2 fully saturated rings. The van der Waals surface area contributed by atoms with Gasteiger partial charge in [-0.2, -0.15) is 0 Å². The van der Waals surface area contributed by atoms with E-state index in [0.717, 1.165) is 56.6 Å². The molecule has 2 aliphatic heterocycles. The molecule has 6 heteroatoms. The number of piperidine rings is 1. The summed E-state index contributed by atoms with van der Waals surface area (Å²) in [6.07, 6.45) is 4.57. The summed E-state index contributed by atoms with van der Waals surface area (Å²) in [6, 6.07) is 14.9. The number of ether oxygens (including phenoxy) is 1. The van der Waals surface area contributed by atoms with Crippen LogP contribution in [-0.4, -0.2) is 54.4 Å². The summed E-state index contributed by atoms with van der Waals surface area (Å²) in [5.74, 6) is 1.24. The fraction of sp³-hybridized carbons (Fsp3) is 0.440. The zero-order valence-electron chi connectivity index (χ0n) is 17.8. The molecule has 0 spiro atoms. The van der Waals surface area contributed by atoms with Gasteiger partial charge in [-0.1, -0.05) is 29.8 Å². The monoisotopic (exact) mass is 440 g/mol. The molecule has 0 radical (unpaired) electrons. The second-order valence-electron chi connectivity index (χ2n) is 8.49. The molecule has 2 saturated heterocycles. The molecule has 0 saturated carbocycles. The normalized spacial score (nSPS) is 18.8. The van der Waals surface area contributed by atoms with Crippen LogP contribution >= 0.6 is 11.6 Å². The first-order chi connectivity index (χ1) is 15.1. The van der Waals surface area contributed by atoms with Gasteiger partial charge in [-0.05, 0) is 61.6 Å². The van der Waals surface area contributed by atoms with Crippen LogP contribution in [0.5, 0.6) is 5.75 Å². The topological polar surface area (TPSA) is 49.9 Å². The molecule has 2 aromatic rings. The smallest absolute Gasteiger partial charge is 0.253 e. The van der Waals surface area contributed by atoms with Crippen LogP contribution in [0.15, 0.2) is 48.5 Å². The van der Waals surface area contributed by atoms with Crippen molar-refractivity contribution in [2.45, 2.75) is 32.1 Å². The van der Waals surface area contributed by atoms with E-state index in [1.54, 1.807) is 0 Å². The highest BCUT2D eigenvalue weighted by Crippen LogP contribution is 2.22. The molecule has 0 aromatic heterocycles. The fourth-order valence-corrected chi connectivity index (χ4v) is 4.48. The Bertz CT molecular complexity index is 909. The molecule has 1 unspecified atom stereocenters. The Kier molecular flexibility index (Phi) is 7.13. The van der Waals surface area contributed by atoms with Crippen LogP contribution in [0.4, 0.5) is 0 Å². The van der Waals surface area contributed by atoms with E-state index in [2.05, 4.69) is 0 Å². The number of amides is 2. The number of halogens is 1. The van der Waals surface area contributed by atoms with Crippen LogP contribution in [0.3, 0.4) is 0 Å². The Morgan fingerprint density at radius 1 is 0.968 bits per heavy atom. The van der Waals surface area contributed by atoms with Gasteiger partial charge in [0, 0.05) is 42.7 Å². The first-order valence-electron chi connectivity index (χ1n) is 11.1. The van der Waals surface area contributed by atoms with E-state index < -0.39 is 0 Å². The van der Waals surface area contributed by atoms with Crippen molar-refractivity contribution in [2.75, 3.05) is 32.8 Å². The maximum absolute atomic E-state index is 12.7. The average molecular weight is 441 g/mol. The second kappa shape index (κ2) is 10.2. The first kappa shape index (κ1) is 21.7. The quantitative estimate of drug-likeness (QED) is 0.667. The van der Waals surface area contributed by atoms with Gasteiger partial charge in [0.05, 0.1) is 13.0 Å². The highest BCUT2D eigenvalue weighted by Gasteiger charge is 2.24. The maximum Gasteiger partial charge on any atom is 0.253 e. The average Bonchev–Trinajstić information content (AvgIpc) is 3.34. The van der Waals surface area contributed by atoms with Gasteiger partial charge in [0.25, 0.3) is 5.91 Å². The van der Waals surface area contributed by atoms with Crippen LogP contribution in [0.1, 0.15) is 41.6 Å². The van der Waals surface area contributed by atoms with E-state index in [1.807, 2.05) is 58.3 Å². The predicted molar refractivity (Wildman–Crippen MR) is 122 cm³/mol. The van der Waals surface area contributed by atoms with Crippen molar-refractivity contribution >= 4 is 23.4 Å². The van der Waals surface area contributed by atoms with Crippen molar-refractivity contribution in [1.29, 1.82) is 0 Å². The standard InChI is InChI=1S/C25H29ClN2O3/c26-22-10-8-19(9-11-22)15-24(29)28-14-4-5-20(17-28)18-31-23-7-3-6-21(16-23)25(30)27-12-1-2-13-27/h3,6-11,16,20H,1-2,4-5,12-15,17-18H2. The molecule has 2 amide bonds. The molecule has 0 aliphatic carbocycles. The van der Waals surface area contributed by atoms with Crippen molar-refractivity contribution in [3.63, 3.8) is 0 Å². The highest BCUT2D eigenvalue weighted by atomic mass is 35.5. The molecular weight excluding hydrogens is 412 g/mol. The minimum Gasteiger partial charge on any atom is -0.493 e. The van der Waals surface area contributed by atoms with Gasteiger partial charge in [-0.3, -0.25) is 9.59 Å². The number of rotatable bonds is 6. The lowest BCUT2D eigenvalue weighted by Gasteiger charge is -2.32. The van der Waals surface area contributed by atoms with Crippen LogP contribution < -0.4 is 4.74 Å². The van der Waals surface area contributed by atoms with Crippen molar-refractivity contribution in [1.82, 2.24) is 9.80 Å². The summed E-state index contributed by atoms with van der Waals surface area (Å²) in [5.41, 5.74) is 1.66. The van der Waals surface area contributed by atoms with Crippen molar-refractivity contribution in [3.05, 3.63) is 64.7 Å². The molecule has 164 valence electrons. The lowest BCUT2D eigenvalue weighted by Crippen LogP contribution is -2.42. The molecule has 2 aromatic carbocycles. The van der Waals surface area contributed by atoms with E-state index in [0.29, 0.717) is 36.1 Å². The van der Waals surface area contributed by atoms with E-state index in [9.17, 15) is 9.59 Å². The van der Waals surface area contributed by atoms with Crippen LogP contribution in [0.2, 0.25) is 5.02 Å². The zero-order valence-corrected chi connectivity index (χ0v) is 18.5. The van der Waals surface area contributed by atoms with Gasteiger partial charge in [0.2, 0.25) is 5.91 Å². The molecule has 5 nitrogen and oxygen atoms in total. The summed E-state index contributed by atoms with van der Waals surface area (Å²) < 4.78 is 6.04. The van der Waals surface area contributed by atoms with Crippen LogP contribution in [-0.2, 0) is 11.2 Å². The molecule has 4 rings (SSSR count). The largest absolute Gasteiger partial charge is 0.493 e. The minimum atomic E-state index is 0.0830. The number of carbonyl (C=O) groups excluding carboxylic acids is 2. The third-order valence-electron chi connectivity index (χ3n) is 6.10. The molecule has 2 heterocycles. The molecule has 0 bridgehead atoms. The lowest BCUT2D eigenvalue weighted by atomic mass is 9.98. The SMILES string of the molecule is O=C(Cc1ccc(Cl)cc1)N1CCCC(COc2cccc(C(=O)N3CCCC3)c2)C1. The van der Waals surface area contributed by atoms with Crippen LogP contribution in [0.25, 0.3) is 0 Å². The molecule has 0 N–H and O–H groups in total. The van der Waals surface area contributed by atoms with Crippen molar-refractivity contribution < 1.29 is 14.3 Å². The van der Waals surface area contributed by atoms with Crippen molar-refractivity contribution in [2.24, 2.45) is 5.92 Å². The molecular formula is C25H29ClN2O3. The fourth-order valence-electron chi connectivity index (χ4n) is 4.35. The Balaban J connectivity index is 1.29. The molecule has 31 heavy (non-hydrogen) atoms. The summed E-state index contributed by atoms with van der Waals surface area (Å²) in [5, 5.41) is 0.678. The van der Waals surface area contributed by atoms with Gasteiger partial charge < -0.3 is 14.5 Å². The van der Waals surface area contributed by atoms with Gasteiger partial charge in [0.1, 0.15) is 5.75 Å². The lowest BCUT2D eigenvalue weighted by molar-refractivity contribution is -0.132. The van der Waals surface area contributed by atoms with Crippen molar-refractivity contribution in [3.8, 4) is 5.75 Å². The van der Waals surface area contributed by atoms with E-state index in [1.165, 1.54) is 0 Å². The van der Waals surface area contributed by atoms with E-state index >= 15 is 0 Å². The van der Waals surface area contributed by atoms with Gasteiger partial charge in [-0.25, -0.2) is 0 Å². The maximum atomic E-state index is 12.7. The van der Waals surface area contributed by atoms with Gasteiger partial charge >= 0.3 is 0 Å². The third kappa shape index (κ3) is 5.79. The van der Waals surface area contributed by atoms with E-state index in [-0.39, 0.29) is 11.8 Å². The predicted octanol–water partition coefficient (Wildman–Crippen LogP) is 4.44. The number of carbonyl (C=O) groups is 2. The Morgan fingerprint density at radius 2 is 1.71 bits per heavy atom. The number of likely N-dealkylation sites (tertiary alicyclic amines) is 2. The van der Waals surface area contributed by atoms with Gasteiger partial charge in [-0.15, -0.1) is 0 Å². The summed E-state index contributed by atoms with van der Waals surface area (Å²) in [4.78, 5) is 29.2.